The summed E-state index contributed by atoms with van der Waals surface area (Å²) >= 11 is 5.42. The lowest BCUT2D eigenvalue weighted by Crippen LogP contribution is -2.27. The summed E-state index contributed by atoms with van der Waals surface area (Å²) in [5.74, 6) is 0.420. The van der Waals surface area contributed by atoms with Gasteiger partial charge >= 0.3 is 0 Å². The Morgan fingerprint density at radius 1 is 1.36 bits per heavy atom. The molecule has 3 rings (SSSR count). The van der Waals surface area contributed by atoms with Crippen molar-refractivity contribution in [2.24, 2.45) is 5.92 Å². The first-order chi connectivity index (χ1) is 12.0. The minimum atomic E-state index is -0.123. The third kappa shape index (κ3) is 3.84. The van der Waals surface area contributed by atoms with Gasteiger partial charge in [0.1, 0.15) is 0 Å². The van der Waals surface area contributed by atoms with Gasteiger partial charge in [0.05, 0.1) is 10.9 Å². The lowest BCUT2D eigenvalue weighted by atomic mass is 10.1. The number of carbonyl (C=O) groups excluding carboxylic acids is 1. The fraction of sp³-hybridized carbons (Fsp3) is 0.526. The minimum absolute atomic E-state index is 0.0579. The Morgan fingerprint density at radius 2 is 2.08 bits per heavy atom. The third-order valence-corrected chi connectivity index (χ3v) is 5.19. The van der Waals surface area contributed by atoms with E-state index in [0.29, 0.717) is 33.7 Å². The predicted molar refractivity (Wildman–Crippen MR) is 103 cm³/mol. The normalized spacial score (nSPS) is 15.2. The van der Waals surface area contributed by atoms with Crippen LogP contribution in [-0.4, -0.2) is 22.0 Å². The highest BCUT2D eigenvalue weighted by Crippen LogP contribution is 2.28. The molecular weight excluding hydrogens is 334 g/mol. The smallest absolute Gasteiger partial charge is 0.262 e. The Morgan fingerprint density at radius 3 is 2.76 bits per heavy atom. The second-order valence-electron chi connectivity index (χ2n) is 7.24. The number of nitrogens with zero attached hydrogens (tertiary/aromatic N) is 1. The zero-order chi connectivity index (χ0) is 18.0. The van der Waals surface area contributed by atoms with Gasteiger partial charge in [0.25, 0.3) is 11.5 Å². The van der Waals surface area contributed by atoms with Gasteiger partial charge in [0.15, 0.2) is 4.77 Å². The number of H-pyrrole nitrogens is 1. The van der Waals surface area contributed by atoms with Crippen LogP contribution in [0.4, 0.5) is 0 Å². The van der Waals surface area contributed by atoms with Crippen molar-refractivity contribution in [2.45, 2.75) is 52.0 Å². The molecule has 1 aromatic carbocycles. The first kappa shape index (κ1) is 17.9. The summed E-state index contributed by atoms with van der Waals surface area (Å²) in [6.07, 6.45) is 5.21. The summed E-state index contributed by atoms with van der Waals surface area (Å²) in [6.45, 7) is 4.89. The van der Waals surface area contributed by atoms with Crippen LogP contribution in [0, 0.1) is 10.7 Å². The van der Waals surface area contributed by atoms with E-state index in [1.54, 1.807) is 22.8 Å². The monoisotopic (exact) mass is 359 g/mol. The van der Waals surface area contributed by atoms with Crippen LogP contribution in [0.1, 0.15) is 62.4 Å². The van der Waals surface area contributed by atoms with E-state index in [0.717, 1.165) is 32.1 Å². The van der Waals surface area contributed by atoms with E-state index >= 15 is 0 Å². The molecule has 0 bridgehead atoms. The van der Waals surface area contributed by atoms with E-state index < -0.39 is 0 Å². The minimum Gasteiger partial charge on any atom is -0.352 e. The highest BCUT2D eigenvalue weighted by atomic mass is 32.1. The van der Waals surface area contributed by atoms with E-state index in [2.05, 4.69) is 24.1 Å². The Kier molecular flexibility index (Phi) is 5.37. The van der Waals surface area contributed by atoms with Gasteiger partial charge in [-0.15, -0.1) is 0 Å². The molecule has 0 atom stereocenters. The van der Waals surface area contributed by atoms with E-state index in [-0.39, 0.29) is 17.5 Å². The number of amides is 1. The first-order valence-corrected chi connectivity index (χ1v) is 9.45. The number of hydrogen-bond acceptors (Lipinski definition) is 3. The molecule has 1 heterocycles. The van der Waals surface area contributed by atoms with Gasteiger partial charge in [-0.3, -0.25) is 14.2 Å². The summed E-state index contributed by atoms with van der Waals surface area (Å²) in [5, 5.41) is 3.50. The standard InChI is InChI=1S/C19H25N3O2S/c1-12(2)9-10-20-17(23)13-7-8-15-16(11-13)21-19(25)22(18(15)24)14-5-3-4-6-14/h7-8,11-12,14H,3-6,9-10H2,1-2H3,(H,20,23)(H,21,25). The number of hydrogen-bond donors (Lipinski definition) is 2. The van der Waals surface area contributed by atoms with Crippen molar-refractivity contribution in [1.82, 2.24) is 14.9 Å². The van der Waals surface area contributed by atoms with Crippen LogP contribution >= 0.6 is 12.2 Å². The fourth-order valence-corrected chi connectivity index (χ4v) is 3.79. The second kappa shape index (κ2) is 7.52. The van der Waals surface area contributed by atoms with Crippen molar-refractivity contribution < 1.29 is 4.79 Å². The summed E-state index contributed by atoms with van der Waals surface area (Å²) < 4.78 is 2.16. The average Bonchev–Trinajstić information content (AvgIpc) is 3.08. The summed E-state index contributed by atoms with van der Waals surface area (Å²) in [6, 6.07) is 5.35. The second-order valence-corrected chi connectivity index (χ2v) is 7.63. The molecule has 0 radical (unpaired) electrons. The van der Waals surface area contributed by atoms with Gasteiger partial charge in [0.2, 0.25) is 0 Å². The lowest BCUT2D eigenvalue weighted by molar-refractivity contribution is 0.0952. The topological polar surface area (TPSA) is 66.9 Å². The quantitative estimate of drug-likeness (QED) is 0.794. The largest absolute Gasteiger partial charge is 0.352 e. The van der Waals surface area contributed by atoms with Gasteiger partial charge in [-0.1, -0.05) is 26.7 Å². The van der Waals surface area contributed by atoms with Crippen LogP contribution in [0.3, 0.4) is 0 Å². The molecule has 6 heteroatoms. The van der Waals surface area contributed by atoms with Crippen molar-refractivity contribution in [3.05, 3.63) is 38.9 Å². The summed E-state index contributed by atoms with van der Waals surface area (Å²) in [7, 11) is 0. The summed E-state index contributed by atoms with van der Waals surface area (Å²) in [5.41, 5.74) is 1.11. The molecular formula is C19H25N3O2S. The number of rotatable bonds is 5. The molecule has 1 aromatic heterocycles. The molecule has 1 fully saturated rings. The third-order valence-electron chi connectivity index (χ3n) is 4.89. The Labute approximate surface area is 152 Å². The summed E-state index contributed by atoms with van der Waals surface area (Å²) in [4.78, 5) is 28.3. The predicted octanol–water partition coefficient (Wildman–Crippen LogP) is 3.95. The molecule has 134 valence electrons. The molecule has 2 N–H and O–H groups in total. The Balaban J connectivity index is 1.91. The molecule has 0 spiro atoms. The molecule has 5 nitrogen and oxygen atoms in total. The molecule has 0 aliphatic heterocycles. The van der Waals surface area contributed by atoms with Crippen LogP contribution < -0.4 is 10.9 Å². The van der Waals surface area contributed by atoms with Gasteiger partial charge in [-0.05, 0) is 55.6 Å². The van der Waals surface area contributed by atoms with Crippen molar-refractivity contribution in [1.29, 1.82) is 0 Å². The molecule has 1 aliphatic carbocycles. The van der Waals surface area contributed by atoms with Gasteiger partial charge in [0, 0.05) is 18.2 Å². The zero-order valence-corrected chi connectivity index (χ0v) is 15.6. The number of fused-ring (bicyclic) bond motifs is 1. The molecule has 25 heavy (non-hydrogen) atoms. The Hall–Kier alpha value is -1.95. The number of nitrogens with one attached hydrogen (secondary N) is 2. The lowest BCUT2D eigenvalue weighted by Gasteiger charge is -2.15. The molecule has 1 aliphatic rings. The van der Waals surface area contributed by atoms with Crippen LogP contribution in [0.25, 0.3) is 10.9 Å². The van der Waals surface area contributed by atoms with Crippen LogP contribution in [-0.2, 0) is 0 Å². The molecule has 2 aromatic rings. The average molecular weight is 359 g/mol. The fourth-order valence-electron chi connectivity index (χ4n) is 3.44. The maximum Gasteiger partial charge on any atom is 0.262 e. The van der Waals surface area contributed by atoms with Crippen LogP contribution in [0.2, 0.25) is 0 Å². The number of aromatic nitrogens is 2. The van der Waals surface area contributed by atoms with E-state index in [4.69, 9.17) is 12.2 Å². The van der Waals surface area contributed by atoms with E-state index in [1.807, 2.05) is 0 Å². The van der Waals surface area contributed by atoms with Gasteiger partial charge < -0.3 is 10.3 Å². The van der Waals surface area contributed by atoms with Gasteiger partial charge in [-0.2, -0.15) is 0 Å². The van der Waals surface area contributed by atoms with E-state index in [1.165, 1.54) is 0 Å². The molecule has 1 amide bonds. The van der Waals surface area contributed by atoms with Crippen molar-refractivity contribution >= 4 is 29.0 Å². The Bertz CT molecular complexity index is 892. The molecule has 0 saturated heterocycles. The van der Waals surface area contributed by atoms with Crippen molar-refractivity contribution in [2.75, 3.05) is 6.54 Å². The highest BCUT2D eigenvalue weighted by molar-refractivity contribution is 7.71. The van der Waals surface area contributed by atoms with Crippen LogP contribution in [0.5, 0.6) is 0 Å². The zero-order valence-electron chi connectivity index (χ0n) is 14.8. The maximum absolute atomic E-state index is 12.8. The molecule has 0 unspecified atom stereocenters. The van der Waals surface area contributed by atoms with Crippen molar-refractivity contribution in [3.8, 4) is 0 Å². The number of carbonyl (C=O) groups is 1. The van der Waals surface area contributed by atoms with Crippen LogP contribution in [0.15, 0.2) is 23.0 Å². The van der Waals surface area contributed by atoms with Gasteiger partial charge in [-0.25, -0.2) is 0 Å². The maximum atomic E-state index is 12.8. The number of aromatic amines is 1. The SMILES string of the molecule is CC(C)CCNC(=O)c1ccc2c(=O)n(C3CCCC3)c(=S)[nH]c2c1. The first-order valence-electron chi connectivity index (χ1n) is 9.04. The number of benzene rings is 1. The molecule has 1 saturated carbocycles. The van der Waals surface area contributed by atoms with Crippen molar-refractivity contribution in [3.63, 3.8) is 0 Å². The highest BCUT2D eigenvalue weighted by Gasteiger charge is 2.20. The van der Waals surface area contributed by atoms with E-state index in [9.17, 15) is 9.59 Å².